The number of rotatable bonds is 4. The minimum Gasteiger partial charge on any atom is -0.495 e. The largest absolute Gasteiger partial charge is 0.495 e. The van der Waals surface area contributed by atoms with Gasteiger partial charge in [0.15, 0.2) is 0 Å². The topological polar surface area (TPSA) is 61.2 Å². The number of para-hydroxylation sites is 1. The first kappa shape index (κ1) is 17.3. The third-order valence-electron chi connectivity index (χ3n) is 6.06. The van der Waals surface area contributed by atoms with Gasteiger partial charge in [-0.05, 0) is 43.9 Å². The number of piperidine rings is 1. The summed E-state index contributed by atoms with van der Waals surface area (Å²) in [4.78, 5) is 7.45. The van der Waals surface area contributed by atoms with Crippen LogP contribution in [0.3, 0.4) is 0 Å². The number of aromatic nitrogens is 1. The van der Waals surface area contributed by atoms with E-state index in [1.165, 1.54) is 25.9 Å². The molecule has 3 aromatic rings. The van der Waals surface area contributed by atoms with Gasteiger partial charge in [-0.3, -0.25) is 0 Å². The number of hydrogen-bond donors (Lipinski definition) is 1. The van der Waals surface area contributed by atoms with Crippen molar-refractivity contribution in [3.63, 3.8) is 0 Å². The van der Waals surface area contributed by atoms with Crippen molar-refractivity contribution in [1.82, 2.24) is 9.88 Å². The number of ether oxygens (including phenoxy) is 1. The van der Waals surface area contributed by atoms with Crippen LogP contribution < -0.4 is 10.1 Å². The normalized spacial score (nSPS) is 18.3. The molecule has 142 valence electrons. The minimum atomic E-state index is 0.450. The maximum atomic E-state index is 9.45. The molecule has 5 rings (SSSR count). The third-order valence-corrected chi connectivity index (χ3v) is 6.06. The molecule has 1 aliphatic heterocycles. The van der Waals surface area contributed by atoms with Crippen molar-refractivity contribution in [2.75, 3.05) is 25.5 Å². The van der Waals surface area contributed by atoms with E-state index in [9.17, 15) is 5.26 Å². The van der Waals surface area contributed by atoms with Gasteiger partial charge in [0.2, 0.25) is 0 Å². The number of nitrogens with one attached hydrogen (secondary N) is 1. The molecule has 1 aromatic heterocycles. The SMILES string of the molecule is COc1cc2c(NC3CCN(C4CC4)CC3)c3ccccc3nc2cc1C#N. The van der Waals surface area contributed by atoms with Crippen LogP contribution in [0.25, 0.3) is 21.8 Å². The maximum Gasteiger partial charge on any atom is 0.137 e. The van der Waals surface area contributed by atoms with Gasteiger partial charge in [-0.25, -0.2) is 4.98 Å². The van der Waals surface area contributed by atoms with Gasteiger partial charge in [0, 0.05) is 35.9 Å². The minimum absolute atomic E-state index is 0.450. The summed E-state index contributed by atoms with van der Waals surface area (Å²) >= 11 is 0. The number of methoxy groups -OCH3 is 1. The van der Waals surface area contributed by atoms with Crippen molar-refractivity contribution in [3.8, 4) is 11.8 Å². The standard InChI is InChI=1S/C23H24N4O/c1-28-22-13-19-21(12-15(22)14-24)26-20-5-3-2-4-18(20)23(19)25-16-8-10-27(11-9-16)17-6-7-17/h2-5,12-13,16-17H,6-11H2,1H3,(H,25,26). The Balaban J connectivity index is 1.57. The molecule has 2 aromatic carbocycles. The molecule has 0 atom stereocenters. The number of fused-ring (bicyclic) bond motifs is 2. The van der Waals surface area contributed by atoms with E-state index in [0.717, 1.165) is 46.4 Å². The van der Waals surface area contributed by atoms with Crippen molar-refractivity contribution >= 4 is 27.5 Å². The van der Waals surface area contributed by atoms with Crippen LogP contribution in [0.15, 0.2) is 36.4 Å². The average Bonchev–Trinajstić information content (AvgIpc) is 3.58. The Morgan fingerprint density at radius 3 is 2.57 bits per heavy atom. The Labute approximate surface area is 164 Å². The van der Waals surface area contributed by atoms with Crippen LogP contribution in [0.1, 0.15) is 31.2 Å². The fourth-order valence-electron chi connectivity index (χ4n) is 4.38. The highest BCUT2D eigenvalue weighted by molar-refractivity contribution is 6.08. The summed E-state index contributed by atoms with van der Waals surface area (Å²) in [6.07, 6.45) is 5.06. The molecule has 1 aliphatic carbocycles. The monoisotopic (exact) mass is 372 g/mol. The molecule has 0 unspecified atom stereocenters. The lowest BCUT2D eigenvalue weighted by molar-refractivity contribution is 0.210. The molecule has 28 heavy (non-hydrogen) atoms. The van der Waals surface area contributed by atoms with Crippen molar-refractivity contribution < 1.29 is 4.74 Å². The molecule has 0 radical (unpaired) electrons. The molecular formula is C23H24N4O. The number of nitrogens with zero attached hydrogens (tertiary/aromatic N) is 3. The zero-order valence-corrected chi connectivity index (χ0v) is 16.1. The fraction of sp³-hybridized carbons (Fsp3) is 0.391. The number of anilines is 1. The fourth-order valence-corrected chi connectivity index (χ4v) is 4.38. The van der Waals surface area contributed by atoms with E-state index in [4.69, 9.17) is 9.72 Å². The lowest BCUT2D eigenvalue weighted by atomic mass is 10.0. The van der Waals surface area contributed by atoms with Gasteiger partial charge in [-0.15, -0.1) is 0 Å². The van der Waals surface area contributed by atoms with Gasteiger partial charge in [0.1, 0.15) is 11.8 Å². The van der Waals surface area contributed by atoms with E-state index in [0.29, 0.717) is 17.4 Å². The summed E-state index contributed by atoms with van der Waals surface area (Å²) in [5, 5.41) is 15.4. The lowest BCUT2D eigenvalue weighted by Crippen LogP contribution is -2.40. The number of likely N-dealkylation sites (tertiary alicyclic amines) is 1. The van der Waals surface area contributed by atoms with Gasteiger partial charge < -0.3 is 15.0 Å². The van der Waals surface area contributed by atoms with Crippen LogP contribution in [0.4, 0.5) is 5.69 Å². The Bertz CT molecular complexity index is 1080. The van der Waals surface area contributed by atoms with Gasteiger partial charge >= 0.3 is 0 Å². The third kappa shape index (κ3) is 3.04. The van der Waals surface area contributed by atoms with Crippen LogP contribution in [-0.4, -0.2) is 42.2 Å². The maximum absolute atomic E-state index is 9.45. The smallest absolute Gasteiger partial charge is 0.137 e. The Morgan fingerprint density at radius 2 is 1.86 bits per heavy atom. The summed E-state index contributed by atoms with van der Waals surface area (Å²) in [6.45, 7) is 2.34. The van der Waals surface area contributed by atoms with Crippen molar-refractivity contribution in [3.05, 3.63) is 42.0 Å². The average molecular weight is 372 g/mol. The number of benzene rings is 2. The molecule has 5 nitrogen and oxygen atoms in total. The Hall–Kier alpha value is -2.84. The number of pyridine rings is 1. The first-order valence-corrected chi connectivity index (χ1v) is 10.1. The highest BCUT2D eigenvalue weighted by atomic mass is 16.5. The predicted octanol–water partition coefficient (Wildman–Crippen LogP) is 4.31. The molecule has 1 saturated carbocycles. The van der Waals surface area contributed by atoms with Gasteiger partial charge in [-0.1, -0.05) is 18.2 Å². The van der Waals surface area contributed by atoms with E-state index in [2.05, 4.69) is 28.4 Å². The zero-order chi connectivity index (χ0) is 19.1. The molecule has 2 fully saturated rings. The van der Waals surface area contributed by atoms with Crippen molar-refractivity contribution in [1.29, 1.82) is 5.26 Å². The highest BCUT2D eigenvalue weighted by Gasteiger charge is 2.32. The summed E-state index contributed by atoms with van der Waals surface area (Å²) in [6, 6.07) is 15.5. The van der Waals surface area contributed by atoms with Crippen LogP contribution in [0, 0.1) is 11.3 Å². The van der Waals surface area contributed by atoms with Gasteiger partial charge in [0.05, 0.1) is 29.4 Å². The van der Waals surface area contributed by atoms with Crippen molar-refractivity contribution in [2.24, 2.45) is 0 Å². The van der Waals surface area contributed by atoms with Crippen LogP contribution in [-0.2, 0) is 0 Å². The van der Waals surface area contributed by atoms with Gasteiger partial charge in [-0.2, -0.15) is 5.26 Å². The van der Waals surface area contributed by atoms with E-state index in [1.54, 1.807) is 7.11 Å². The van der Waals surface area contributed by atoms with E-state index < -0.39 is 0 Å². The predicted molar refractivity (Wildman–Crippen MR) is 112 cm³/mol. The molecule has 5 heteroatoms. The summed E-state index contributed by atoms with van der Waals surface area (Å²) in [7, 11) is 1.61. The number of nitriles is 1. The second kappa shape index (κ2) is 6.96. The van der Waals surface area contributed by atoms with Crippen LogP contribution in [0.5, 0.6) is 5.75 Å². The van der Waals surface area contributed by atoms with Crippen LogP contribution in [0.2, 0.25) is 0 Å². The van der Waals surface area contributed by atoms with E-state index >= 15 is 0 Å². The molecule has 2 heterocycles. The van der Waals surface area contributed by atoms with E-state index in [1.807, 2.05) is 24.3 Å². The second-order valence-electron chi connectivity index (χ2n) is 7.87. The first-order valence-electron chi connectivity index (χ1n) is 10.1. The van der Waals surface area contributed by atoms with Gasteiger partial charge in [0.25, 0.3) is 0 Å². The molecular weight excluding hydrogens is 348 g/mol. The Morgan fingerprint density at radius 1 is 1.07 bits per heavy atom. The highest BCUT2D eigenvalue weighted by Crippen LogP contribution is 2.36. The summed E-state index contributed by atoms with van der Waals surface area (Å²) < 4.78 is 5.46. The zero-order valence-electron chi connectivity index (χ0n) is 16.1. The molecule has 0 amide bonds. The molecule has 1 saturated heterocycles. The molecule has 2 aliphatic rings. The lowest BCUT2D eigenvalue weighted by Gasteiger charge is -2.33. The number of hydrogen-bond acceptors (Lipinski definition) is 5. The second-order valence-corrected chi connectivity index (χ2v) is 7.87. The Kier molecular flexibility index (Phi) is 4.29. The van der Waals surface area contributed by atoms with E-state index in [-0.39, 0.29) is 0 Å². The van der Waals surface area contributed by atoms with Crippen molar-refractivity contribution in [2.45, 2.75) is 37.8 Å². The summed E-state index contributed by atoms with van der Waals surface area (Å²) in [5.41, 5.74) is 3.39. The molecule has 1 N–H and O–H groups in total. The quantitative estimate of drug-likeness (QED) is 0.692. The summed E-state index contributed by atoms with van der Waals surface area (Å²) in [5.74, 6) is 0.596. The first-order chi connectivity index (χ1) is 13.8. The molecule has 0 spiro atoms. The van der Waals surface area contributed by atoms with Crippen LogP contribution >= 0.6 is 0 Å². The molecule has 0 bridgehead atoms.